The predicted octanol–water partition coefficient (Wildman–Crippen LogP) is 5.38. The molecule has 0 saturated heterocycles. The van der Waals surface area contributed by atoms with Crippen molar-refractivity contribution >= 4 is 28.9 Å². The van der Waals surface area contributed by atoms with Gasteiger partial charge in [-0.2, -0.15) is 9.50 Å². The minimum atomic E-state index is 0.626. The number of nitrogens with zero attached hydrogens (tertiary/aromatic N) is 4. The van der Waals surface area contributed by atoms with Gasteiger partial charge in [-0.15, -0.1) is 5.10 Å². The third-order valence-corrected chi connectivity index (χ3v) is 5.39. The molecule has 0 spiro atoms. The zero-order valence-electron chi connectivity index (χ0n) is 15.6. The van der Waals surface area contributed by atoms with E-state index in [2.05, 4.69) is 24.4 Å². The molecule has 2 aromatic heterocycles. The van der Waals surface area contributed by atoms with Crippen LogP contribution in [-0.4, -0.2) is 19.6 Å². The lowest BCUT2D eigenvalue weighted by Crippen LogP contribution is -2.13. The smallest absolute Gasteiger partial charge is 0.254 e. The number of anilines is 2. The lowest BCUT2D eigenvalue weighted by Gasteiger charge is -2.20. The maximum atomic E-state index is 6.18. The highest BCUT2D eigenvalue weighted by Crippen LogP contribution is 2.31. The highest BCUT2D eigenvalue weighted by atomic mass is 35.5. The van der Waals surface area contributed by atoms with Crippen LogP contribution in [0.25, 0.3) is 17.2 Å². The van der Waals surface area contributed by atoms with Crippen LogP contribution in [0.3, 0.4) is 0 Å². The van der Waals surface area contributed by atoms with Gasteiger partial charge in [0.2, 0.25) is 0 Å². The Bertz CT molecular complexity index is 1160. The van der Waals surface area contributed by atoms with Crippen molar-refractivity contribution in [2.45, 2.75) is 32.6 Å². The second-order valence-corrected chi connectivity index (χ2v) is 7.68. The van der Waals surface area contributed by atoms with E-state index in [-0.39, 0.29) is 0 Å². The fourth-order valence-electron chi connectivity index (χ4n) is 3.70. The lowest BCUT2D eigenvalue weighted by molar-refractivity contribution is 0.662. The first-order valence-corrected chi connectivity index (χ1v) is 9.93. The molecule has 0 aliphatic heterocycles. The predicted molar refractivity (Wildman–Crippen MR) is 112 cm³/mol. The largest absolute Gasteiger partial charge is 0.340 e. The van der Waals surface area contributed by atoms with Crippen molar-refractivity contribution in [1.29, 1.82) is 0 Å². The van der Waals surface area contributed by atoms with E-state index in [4.69, 9.17) is 26.7 Å². The van der Waals surface area contributed by atoms with Crippen molar-refractivity contribution in [2.24, 2.45) is 0 Å². The SMILES string of the molecule is Cc1ccc(-c2nc3nc4c(c(Nc5cccc(Cl)c5)n3n2)CCCC4)cc1. The van der Waals surface area contributed by atoms with Gasteiger partial charge in [0, 0.05) is 21.8 Å². The van der Waals surface area contributed by atoms with Gasteiger partial charge in [0.1, 0.15) is 5.82 Å². The Morgan fingerprint density at radius 1 is 1.00 bits per heavy atom. The fourth-order valence-corrected chi connectivity index (χ4v) is 3.89. The first-order chi connectivity index (χ1) is 13.7. The number of aryl methyl sites for hydroxylation is 2. The molecule has 0 amide bonds. The summed E-state index contributed by atoms with van der Waals surface area (Å²) in [5.74, 6) is 2.25. The van der Waals surface area contributed by atoms with E-state index in [0.29, 0.717) is 16.6 Å². The van der Waals surface area contributed by atoms with Crippen LogP contribution in [0.1, 0.15) is 29.7 Å². The molecule has 5 nitrogen and oxygen atoms in total. The lowest BCUT2D eigenvalue weighted by atomic mass is 9.96. The fraction of sp³-hybridized carbons (Fsp3) is 0.227. The van der Waals surface area contributed by atoms with Gasteiger partial charge in [-0.05, 0) is 50.8 Å². The van der Waals surface area contributed by atoms with E-state index >= 15 is 0 Å². The molecule has 0 fully saturated rings. The Labute approximate surface area is 168 Å². The van der Waals surface area contributed by atoms with Gasteiger partial charge < -0.3 is 5.32 Å². The third-order valence-electron chi connectivity index (χ3n) is 5.16. The van der Waals surface area contributed by atoms with Crippen LogP contribution in [0.15, 0.2) is 48.5 Å². The molecule has 2 heterocycles. The summed E-state index contributed by atoms with van der Waals surface area (Å²) in [4.78, 5) is 9.54. The summed E-state index contributed by atoms with van der Waals surface area (Å²) >= 11 is 6.18. The molecule has 6 heteroatoms. The topological polar surface area (TPSA) is 55.1 Å². The van der Waals surface area contributed by atoms with E-state index in [1.54, 1.807) is 0 Å². The molecule has 0 saturated carbocycles. The van der Waals surface area contributed by atoms with Gasteiger partial charge in [-0.25, -0.2) is 4.98 Å². The van der Waals surface area contributed by atoms with Crippen LogP contribution in [-0.2, 0) is 12.8 Å². The zero-order valence-corrected chi connectivity index (χ0v) is 16.4. The second-order valence-electron chi connectivity index (χ2n) is 7.24. The Kier molecular flexibility index (Phi) is 4.24. The summed E-state index contributed by atoms with van der Waals surface area (Å²) < 4.78 is 1.83. The number of hydrogen-bond acceptors (Lipinski definition) is 4. The first-order valence-electron chi connectivity index (χ1n) is 9.55. The number of hydrogen-bond donors (Lipinski definition) is 1. The van der Waals surface area contributed by atoms with Crippen LogP contribution >= 0.6 is 11.6 Å². The van der Waals surface area contributed by atoms with E-state index in [1.165, 1.54) is 11.1 Å². The summed E-state index contributed by atoms with van der Waals surface area (Å²) in [6.45, 7) is 2.07. The molecule has 0 atom stereocenters. The Hall–Kier alpha value is -2.92. The summed E-state index contributed by atoms with van der Waals surface area (Å²) in [6.07, 6.45) is 4.28. The number of rotatable bonds is 3. The first kappa shape index (κ1) is 17.2. The third kappa shape index (κ3) is 3.12. The molecule has 2 aromatic carbocycles. The molecule has 4 aromatic rings. The average Bonchev–Trinajstić information content (AvgIpc) is 3.12. The van der Waals surface area contributed by atoms with Gasteiger partial charge >= 0.3 is 0 Å². The van der Waals surface area contributed by atoms with Crippen molar-refractivity contribution in [3.63, 3.8) is 0 Å². The molecule has 5 rings (SSSR count). The number of benzene rings is 2. The standard InChI is InChI=1S/C22H20ClN5/c1-14-9-11-15(12-10-14)20-26-22-25-19-8-3-2-7-18(19)21(28(22)27-20)24-17-6-4-5-16(23)13-17/h4-6,9-13,24H,2-3,7-8H2,1H3. The van der Waals surface area contributed by atoms with Crippen molar-refractivity contribution in [3.8, 4) is 11.4 Å². The summed E-state index contributed by atoms with van der Waals surface area (Å²) in [5, 5.41) is 9.01. The van der Waals surface area contributed by atoms with Crippen molar-refractivity contribution < 1.29 is 0 Å². The van der Waals surface area contributed by atoms with Gasteiger partial charge in [-0.3, -0.25) is 0 Å². The molecule has 1 aliphatic carbocycles. The summed E-state index contributed by atoms with van der Waals surface area (Å²) in [5.41, 5.74) is 5.47. The van der Waals surface area contributed by atoms with Crippen LogP contribution in [0.4, 0.5) is 11.5 Å². The molecule has 0 unspecified atom stereocenters. The molecule has 0 bridgehead atoms. The summed E-state index contributed by atoms with van der Waals surface area (Å²) in [6, 6.07) is 16.0. The van der Waals surface area contributed by atoms with E-state index in [1.807, 2.05) is 40.9 Å². The Morgan fingerprint density at radius 2 is 1.82 bits per heavy atom. The normalized spacial score (nSPS) is 13.5. The molecule has 1 N–H and O–H groups in total. The molecular formula is C22H20ClN5. The van der Waals surface area contributed by atoms with E-state index < -0.39 is 0 Å². The average molecular weight is 390 g/mol. The molecule has 28 heavy (non-hydrogen) atoms. The minimum absolute atomic E-state index is 0.626. The Balaban J connectivity index is 1.68. The van der Waals surface area contributed by atoms with E-state index in [9.17, 15) is 0 Å². The zero-order chi connectivity index (χ0) is 19.1. The molecule has 140 valence electrons. The quantitative estimate of drug-likeness (QED) is 0.511. The van der Waals surface area contributed by atoms with Crippen molar-refractivity contribution in [3.05, 3.63) is 70.4 Å². The number of aromatic nitrogens is 4. The van der Waals surface area contributed by atoms with Gasteiger partial charge in [0.05, 0.1) is 5.69 Å². The van der Waals surface area contributed by atoms with Crippen molar-refractivity contribution in [2.75, 3.05) is 5.32 Å². The number of fused-ring (bicyclic) bond motifs is 2. The van der Waals surface area contributed by atoms with Crippen LogP contribution in [0, 0.1) is 6.92 Å². The van der Waals surface area contributed by atoms with Gasteiger partial charge in [-0.1, -0.05) is 47.5 Å². The summed E-state index contributed by atoms with van der Waals surface area (Å²) in [7, 11) is 0. The highest BCUT2D eigenvalue weighted by molar-refractivity contribution is 6.30. The monoisotopic (exact) mass is 389 g/mol. The van der Waals surface area contributed by atoms with E-state index in [0.717, 1.165) is 48.4 Å². The molecule has 0 radical (unpaired) electrons. The number of halogens is 1. The van der Waals surface area contributed by atoms with Crippen LogP contribution < -0.4 is 5.32 Å². The van der Waals surface area contributed by atoms with Gasteiger partial charge in [0.15, 0.2) is 5.82 Å². The number of nitrogens with one attached hydrogen (secondary N) is 1. The highest BCUT2D eigenvalue weighted by Gasteiger charge is 2.21. The van der Waals surface area contributed by atoms with Gasteiger partial charge in [0.25, 0.3) is 5.78 Å². The maximum Gasteiger partial charge on any atom is 0.254 e. The molecule has 1 aliphatic rings. The second kappa shape index (κ2) is 6.91. The van der Waals surface area contributed by atoms with Crippen LogP contribution in [0.2, 0.25) is 5.02 Å². The minimum Gasteiger partial charge on any atom is -0.340 e. The van der Waals surface area contributed by atoms with Crippen LogP contribution in [0.5, 0.6) is 0 Å². The maximum absolute atomic E-state index is 6.18. The molecular weight excluding hydrogens is 370 g/mol. The Morgan fingerprint density at radius 3 is 2.64 bits per heavy atom. The van der Waals surface area contributed by atoms with Crippen molar-refractivity contribution in [1.82, 2.24) is 19.6 Å².